The Morgan fingerprint density at radius 1 is 1.12 bits per heavy atom. The fourth-order valence-corrected chi connectivity index (χ4v) is 3.71. The normalized spacial score (nSPS) is 15.6. The van der Waals surface area contributed by atoms with Crippen molar-refractivity contribution in [2.75, 3.05) is 33.4 Å². The van der Waals surface area contributed by atoms with Crippen molar-refractivity contribution in [3.63, 3.8) is 0 Å². The molecular weight excluding hydrogens is 440 g/mol. The zero-order valence-corrected chi connectivity index (χ0v) is 19.2. The molecule has 2 aromatic rings. The number of hydrogen-bond donors (Lipinski definition) is 3. The molecule has 0 unspecified atom stereocenters. The molecule has 2 heterocycles. The van der Waals surface area contributed by atoms with Crippen LogP contribution in [0.15, 0.2) is 41.3 Å². The number of nitrogens with one attached hydrogen (secondary N) is 2. The van der Waals surface area contributed by atoms with Gasteiger partial charge in [-0.2, -0.15) is 0 Å². The van der Waals surface area contributed by atoms with Crippen LogP contribution in [0.1, 0.15) is 44.7 Å². The highest BCUT2D eigenvalue weighted by molar-refractivity contribution is 5.99. The van der Waals surface area contributed by atoms with Gasteiger partial charge in [0.25, 0.3) is 23.8 Å². The van der Waals surface area contributed by atoms with Crippen LogP contribution in [-0.4, -0.2) is 72.3 Å². The summed E-state index contributed by atoms with van der Waals surface area (Å²) in [6.45, 7) is 4.14. The highest BCUT2D eigenvalue weighted by atomic mass is 16.5. The number of morpholine rings is 1. The number of carbonyl (C=O) groups excluding carboxylic acids is 2. The Kier molecular flexibility index (Phi) is 8.94. The second-order valence-electron chi connectivity index (χ2n) is 8.22. The molecule has 0 atom stereocenters. The Labute approximate surface area is 197 Å². The van der Waals surface area contributed by atoms with Gasteiger partial charge < -0.3 is 25.0 Å². The quantitative estimate of drug-likeness (QED) is 0.508. The predicted octanol–water partition coefficient (Wildman–Crippen LogP) is 0.681. The average molecular weight is 471 g/mol. The van der Waals surface area contributed by atoms with E-state index in [9.17, 15) is 14.4 Å². The fraction of sp³-hybridized carbons (Fsp3) is 0.417. The summed E-state index contributed by atoms with van der Waals surface area (Å²) < 4.78 is 6.85. The topological polar surface area (TPSA) is 130 Å². The van der Waals surface area contributed by atoms with E-state index in [4.69, 9.17) is 14.6 Å². The molecule has 4 rings (SSSR count). The predicted molar refractivity (Wildman–Crippen MR) is 125 cm³/mol. The Balaban J connectivity index is 0.00000103. The number of hydrogen-bond acceptors (Lipinski definition) is 6. The number of carbonyl (C=O) groups is 3. The van der Waals surface area contributed by atoms with Crippen LogP contribution in [0.3, 0.4) is 0 Å². The van der Waals surface area contributed by atoms with Crippen molar-refractivity contribution in [2.24, 2.45) is 0 Å². The Bertz CT molecular complexity index is 1070. The molecule has 0 bridgehead atoms. The van der Waals surface area contributed by atoms with Crippen molar-refractivity contribution in [3.05, 3.63) is 69.1 Å². The molecule has 2 fully saturated rings. The second-order valence-corrected chi connectivity index (χ2v) is 8.22. The van der Waals surface area contributed by atoms with E-state index < -0.39 is 11.5 Å². The summed E-state index contributed by atoms with van der Waals surface area (Å²) in [4.78, 5) is 48.5. The summed E-state index contributed by atoms with van der Waals surface area (Å²) in [6.07, 6.45) is 3.47. The van der Waals surface area contributed by atoms with Crippen LogP contribution in [0, 0.1) is 0 Å². The van der Waals surface area contributed by atoms with Gasteiger partial charge in [-0.05, 0) is 30.0 Å². The molecule has 1 aromatic carbocycles. The lowest BCUT2D eigenvalue weighted by Crippen LogP contribution is -2.35. The minimum Gasteiger partial charge on any atom is -0.483 e. The maximum atomic E-state index is 12.9. The molecule has 1 aromatic heterocycles. The van der Waals surface area contributed by atoms with Gasteiger partial charge in [0.15, 0.2) is 0 Å². The molecule has 0 spiro atoms. The molecule has 1 aliphatic heterocycles. The van der Waals surface area contributed by atoms with Crippen LogP contribution in [0.4, 0.5) is 0 Å². The first-order chi connectivity index (χ1) is 16.4. The first-order valence-electron chi connectivity index (χ1n) is 11.2. The molecule has 1 saturated carbocycles. The maximum absolute atomic E-state index is 12.9. The molecule has 182 valence electrons. The molecular formula is C24H30N4O6. The first-order valence-corrected chi connectivity index (χ1v) is 11.2. The van der Waals surface area contributed by atoms with Crippen LogP contribution in [0.2, 0.25) is 0 Å². The van der Waals surface area contributed by atoms with E-state index in [1.807, 2.05) is 12.1 Å². The van der Waals surface area contributed by atoms with E-state index >= 15 is 0 Å². The maximum Gasteiger partial charge on any atom is 0.290 e. The standard InChI is InChI=1S/C23H28N4O4.CH2O2/c1-24-22(29)20-12-18(21(28)25-19-5-6-19)15-27(23(20)30)14-17-4-2-3-16(11-17)13-26-7-9-31-10-8-26;2-1-3/h2-4,11-12,15,19H,5-10,13-14H2,1H3,(H,24,29)(H,25,28);1H,(H,2,3). The molecule has 3 N–H and O–H groups in total. The number of carboxylic acid groups (broad SMARTS) is 1. The van der Waals surface area contributed by atoms with Gasteiger partial charge in [0.2, 0.25) is 0 Å². The van der Waals surface area contributed by atoms with Crippen LogP contribution < -0.4 is 16.2 Å². The summed E-state index contributed by atoms with van der Waals surface area (Å²) in [5.74, 6) is -0.761. The number of ether oxygens (including phenoxy) is 1. The molecule has 2 aliphatic rings. The summed E-state index contributed by atoms with van der Waals surface area (Å²) in [6, 6.07) is 9.62. The Morgan fingerprint density at radius 3 is 2.38 bits per heavy atom. The van der Waals surface area contributed by atoms with Gasteiger partial charge in [0.1, 0.15) is 5.56 Å². The van der Waals surface area contributed by atoms with E-state index in [0.717, 1.165) is 56.8 Å². The van der Waals surface area contributed by atoms with Gasteiger partial charge in [-0.25, -0.2) is 0 Å². The monoisotopic (exact) mass is 470 g/mol. The zero-order valence-electron chi connectivity index (χ0n) is 19.2. The zero-order chi connectivity index (χ0) is 24.5. The molecule has 10 nitrogen and oxygen atoms in total. The van der Waals surface area contributed by atoms with Crippen molar-refractivity contribution in [1.82, 2.24) is 20.1 Å². The summed E-state index contributed by atoms with van der Waals surface area (Å²) in [7, 11) is 1.47. The third-order valence-electron chi connectivity index (χ3n) is 5.59. The third kappa shape index (κ3) is 7.00. The smallest absolute Gasteiger partial charge is 0.290 e. The fourth-order valence-electron chi connectivity index (χ4n) is 3.71. The minimum atomic E-state index is -0.499. The van der Waals surface area contributed by atoms with Crippen molar-refractivity contribution < 1.29 is 24.2 Å². The van der Waals surface area contributed by atoms with E-state index in [0.29, 0.717) is 5.56 Å². The van der Waals surface area contributed by atoms with E-state index in [-0.39, 0.29) is 30.5 Å². The molecule has 10 heteroatoms. The number of nitrogens with zero attached hydrogens (tertiary/aromatic N) is 2. The number of amides is 2. The number of pyridine rings is 1. The van der Waals surface area contributed by atoms with Crippen LogP contribution in [0.5, 0.6) is 0 Å². The van der Waals surface area contributed by atoms with Gasteiger partial charge in [-0.15, -0.1) is 0 Å². The first kappa shape index (κ1) is 25.1. The average Bonchev–Trinajstić information content (AvgIpc) is 3.65. The lowest BCUT2D eigenvalue weighted by Gasteiger charge is -2.26. The molecule has 34 heavy (non-hydrogen) atoms. The molecule has 0 radical (unpaired) electrons. The van der Waals surface area contributed by atoms with Crippen molar-refractivity contribution in [1.29, 1.82) is 0 Å². The minimum absolute atomic E-state index is 0.0320. The van der Waals surface area contributed by atoms with Crippen LogP contribution in [0.25, 0.3) is 0 Å². The molecule has 1 aliphatic carbocycles. The van der Waals surface area contributed by atoms with Crippen LogP contribution >= 0.6 is 0 Å². The van der Waals surface area contributed by atoms with Gasteiger partial charge in [0, 0.05) is 38.9 Å². The Morgan fingerprint density at radius 2 is 1.76 bits per heavy atom. The SMILES string of the molecule is CNC(=O)c1cc(C(=O)NC2CC2)cn(Cc2cccc(CN3CCOCC3)c2)c1=O.O=CO. The summed E-state index contributed by atoms with van der Waals surface area (Å²) in [5, 5.41) is 12.3. The Hall–Kier alpha value is -3.50. The molecule has 1 saturated heterocycles. The van der Waals surface area contributed by atoms with E-state index in [2.05, 4.69) is 27.7 Å². The van der Waals surface area contributed by atoms with Gasteiger partial charge >= 0.3 is 0 Å². The lowest BCUT2D eigenvalue weighted by molar-refractivity contribution is -0.122. The van der Waals surface area contributed by atoms with Crippen molar-refractivity contribution in [3.8, 4) is 0 Å². The van der Waals surface area contributed by atoms with Gasteiger partial charge in [-0.1, -0.05) is 24.3 Å². The second kappa shape index (κ2) is 12.1. The lowest BCUT2D eigenvalue weighted by atomic mass is 10.1. The number of benzene rings is 1. The highest BCUT2D eigenvalue weighted by Gasteiger charge is 2.25. The van der Waals surface area contributed by atoms with Crippen LogP contribution in [-0.2, 0) is 22.6 Å². The number of aromatic nitrogens is 1. The van der Waals surface area contributed by atoms with E-state index in [1.54, 1.807) is 6.20 Å². The van der Waals surface area contributed by atoms with Crippen molar-refractivity contribution in [2.45, 2.75) is 32.0 Å². The van der Waals surface area contributed by atoms with Crippen molar-refractivity contribution >= 4 is 18.3 Å². The molecule has 2 amide bonds. The van der Waals surface area contributed by atoms with E-state index in [1.165, 1.54) is 17.7 Å². The highest BCUT2D eigenvalue weighted by Crippen LogP contribution is 2.19. The third-order valence-corrected chi connectivity index (χ3v) is 5.59. The van der Waals surface area contributed by atoms with Gasteiger partial charge in [0.05, 0.1) is 25.3 Å². The van der Waals surface area contributed by atoms with Gasteiger partial charge in [-0.3, -0.25) is 24.1 Å². The summed E-state index contributed by atoms with van der Waals surface area (Å²) in [5.41, 5.74) is 1.96. The summed E-state index contributed by atoms with van der Waals surface area (Å²) >= 11 is 0. The number of rotatable bonds is 7. The largest absolute Gasteiger partial charge is 0.483 e.